The predicted molar refractivity (Wildman–Crippen MR) is 48.1 cm³/mol. The third kappa shape index (κ3) is 2.93. The monoisotopic (exact) mass is 182 g/mol. The van der Waals surface area contributed by atoms with Crippen LogP contribution in [0, 0.1) is 0 Å². The highest BCUT2D eigenvalue weighted by Crippen LogP contribution is 2.22. The Morgan fingerprint density at radius 3 is 2.92 bits per heavy atom. The zero-order valence-corrected chi connectivity index (χ0v) is 7.95. The van der Waals surface area contributed by atoms with Crippen molar-refractivity contribution in [3.05, 3.63) is 24.2 Å². The van der Waals surface area contributed by atoms with Crippen molar-refractivity contribution in [3.63, 3.8) is 0 Å². The molecule has 1 heterocycles. The first kappa shape index (κ1) is 9.84. The van der Waals surface area contributed by atoms with Crippen LogP contribution in [0.15, 0.2) is 22.8 Å². The molecule has 1 atom stereocenters. The molecule has 1 aromatic heterocycles. The van der Waals surface area contributed by atoms with Crippen molar-refractivity contribution in [1.82, 2.24) is 0 Å². The fourth-order valence-electron chi connectivity index (χ4n) is 1.20. The van der Waals surface area contributed by atoms with E-state index in [1.54, 1.807) is 12.3 Å². The van der Waals surface area contributed by atoms with Gasteiger partial charge in [0.15, 0.2) is 6.10 Å². The van der Waals surface area contributed by atoms with Crippen LogP contribution >= 0.6 is 0 Å². The first-order chi connectivity index (χ1) is 6.24. The Kier molecular flexibility index (Phi) is 3.55. The largest absolute Gasteiger partial charge is 0.465 e. The van der Waals surface area contributed by atoms with E-state index in [-0.39, 0.29) is 12.1 Å². The van der Waals surface area contributed by atoms with E-state index in [0.717, 1.165) is 18.6 Å². The maximum absolute atomic E-state index is 10.8. The van der Waals surface area contributed by atoms with Crippen LogP contribution in [-0.4, -0.2) is 5.97 Å². The van der Waals surface area contributed by atoms with E-state index in [2.05, 4.69) is 0 Å². The van der Waals surface area contributed by atoms with E-state index in [1.165, 1.54) is 6.92 Å². The molecule has 0 aliphatic heterocycles. The Balaban J connectivity index is 2.62. The van der Waals surface area contributed by atoms with Crippen molar-refractivity contribution in [3.8, 4) is 0 Å². The van der Waals surface area contributed by atoms with Gasteiger partial charge in [0.05, 0.1) is 6.26 Å². The Bertz CT molecular complexity index is 251. The van der Waals surface area contributed by atoms with Gasteiger partial charge in [-0.25, -0.2) is 0 Å². The molecule has 1 aromatic rings. The molecule has 0 aromatic carbocycles. The predicted octanol–water partition coefficient (Wildman–Crippen LogP) is 2.68. The van der Waals surface area contributed by atoms with Crippen molar-refractivity contribution in [1.29, 1.82) is 0 Å². The minimum Gasteiger partial charge on any atom is -0.465 e. The molecule has 0 saturated carbocycles. The molecule has 0 radical (unpaired) electrons. The zero-order chi connectivity index (χ0) is 9.68. The van der Waals surface area contributed by atoms with Gasteiger partial charge in [0.25, 0.3) is 0 Å². The summed E-state index contributed by atoms with van der Waals surface area (Å²) in [4.78, 5) is 10.8. The van der Waals surface area contributed by atoms with Crippen LogP contribution in [0.5, 0.6) is 0 Å². The number of carbonyl (C=O) groups is 1. The maximum atomic E-state index is 10.8. The standard InChI is InChI=1S/C10H14O3/c1-3-5-10(13-8(2)11)9-6-4-7-12-9/h4,6-7,10H,3,5H2,1-2H3. The van der Waals surface area contributed by atoms with Crippen LogP contribution < -0.4 is 0 Å². The Morgan fingerprint density at radius 1 is 1.69 bits per heavy atom. The van der Waals surface area contributed by atoms with E-state index >= 15 is 0 Å². The van der Waals surface area contributed by atoms with Gasteiger partial charge in [-0.05, 0) is 18.6 Å². The lowest BCUT2D eigenvalue weighted by Crippen LogP contribution is -2.07. The first-order valence-electron chi connectivity index (χ1n) is 4.44. The average Bonchev–Trinajstić information content (AvgIpc) is 2.54. The van der Waals surface area contributed by atoms with Crippen molar-refractivity contribution in [2.24, 2.45) is 0 Å². The Labute approximate surface area is 77.7 Å². The lowest BCUT2D eigenvalue weighted by molar-refractivity contribution is -0.148. The van der Waals surface area contributed by atoms with Crippen LogP contribution in [0.4, 0.5) is 0 Å². The number of carbonyl (C=O) groups excluding carboxylic acids is 1. The molecule has 0 fully saturated rings. The van der Waals surface area contributed by atoms with Gasteiger partial charge in [0.1, 0.15) is 5.76 Å². The molecule has 13 heavy (non-hydrogen) atoms. The molecular weight excluding hydrogens is 168 g/mol. The van der Waals surface area contributed by atoms with E-state index in [0.29, 0.717) is 0 Å². The van der Waals surface area contributed by atoms with Crippen molar-refractivity contribution < 1.29 is 13.9 Å². The van der Waals surface area contributed by atoms with Crippen LogP contribution in [0.1, 0.15) is 38.6 Å². The van der Waals surface area contributed by atoms with Gasteiger partial charge in [-0.2, -0.15) is 0 Å². The van der Waals surface area contributed by atoms with Gasteiger partial charge in [-0.3, -0.25) is 4.79 Å². The molecule has 0 aliphatic rings. The summed E-state index contributed by atoms with van der Waals surface area (Å²) in [5.74, 6) is 0.451. The minimum absolute atomic E-state index is 0.225. The second-order valence-corrected chi connectivity index (χ2v) is 2.90. The molecular formula is C10H14O3. The number of rotatable bonds is 4. The highest BCUT2D eigenvalue weighted by molar-refractivity contribution is 5.66. The van der Waals surface area contributed by atoms with Crippen molar-refractivity contribution >= 4 is 5.97 Å². The van der Waals surface area contributed by atoms with Gasteiger partial charge in [0, 0.05) is 6.92 Å². The second-order valence-electron chi connectivity index (χ2n) is 2.90. The first-order valence-corrected chi connectivity index (χ1v) is 4.44. The Hall–Kier alpha value is -1.25. The zero-order valence-electron chi connectivity index (χ0n) is 7.95. The summed E-state index contributed by atoms with van der Waals surface area (Å²) in [5, 5.41) is 0. The summed E-state index contributed by atoms with van der Waals surface area (Å²) in [7, 11) is 0. The number of ether oxygens (including phenoxy) is 1. The fraction of sp³-hybridized carbons (Fsp3) is 0.500. The van der Waals surface area contributed by atoms with Crippen LogP contribution in [0.3, 0.4) is 0 Å². The summed E-state index contributed by atoms with van der Waals surface area (Å²) in [6.07, 6.45) is 3.12. The molecule has 1 unspecified atom stereocenters. The topological polar surface area (TPSA) is 39.4 Å². The SMILES string of the molecule is CCCC(OC(C)=O)c1ccco1. The molecule has 72 valence electrons. The fourth-order valence-corrected chi connectivity index (χ4v) is 1.20. The molecule has 0 amide bonds. The summed E-state index contributed by atoms with van der Waals surface area (Å²) < 4.78 is 10.3. The summed E-state index contributed by atoms with van der Waals surface area (Å²) in [6.45, 7) is 3.45. The third-order valence-corrected chi connectivity index (χ3v) is 1.72. The normalized spacial score (nSPS) is 12.5. The van der Waals surface area contributed by atoms with E-state index in [9.17, 15) is 4.79 Å². The number of hydrogen-bond acceptors (Lipinski definition) is 3. The van der Waals surface area contributed by atoms with Gasteiger partial charge >= 0.3 is 5.97 Å². The molecule has 3 nitrogen and oxygen atoms in total. The third-order valence-electron chi connectivity index (χ3n) is 1.72. The van der Waals surface area contributed by atoms with Crippen LogP contribution in [0.25, 0.3) is 0 Å². The van der Waals surface area contributed by atoms with Gasteiger partial charge in [-0.15, -0.1) is 0 Å². The molecule has 3 heteroatoms. The number of hydrogen-bond donors (Lipinski definition) is 0. The lowest BCUT2D eigenvalue weighted by atomic mass is 10.1. The molecule has 0 aliphatic carbocycles. The minimum atomic E-state index is -0.269. The molecule has 1 rings (SSSR count). The highest BCUT2D eigenvalue weighted by atomic mass is 16.5. The average molecular weight is 182 g/mol. The van der Waals surface area contributed by atoms with Crippen molar-refractivity contribution in [2.75, 3.05) is 0 Å². The smallest absolute Gasteiger partial charge is 0.303 e. The van der Waals surface area contributed by atoms with Crippen LogP contribution in [-0.2, 0) is 9.53 Å². The van der Waals surface area contributed by atoms with E-state index < -0.39 is 0 Å². The van der Waals surface area contributed by atoms with E-state index in [1.807, 2.05) is 13.0 Å². The number of esters is 1. The van der Waals surface area contributed by atoms with Crippen molar-refractivity contribution in [2.45, 2.75) is 32.8 Å². The second kappa shape index (κ2) is 4.70. The lowest BCUT2D eigenvalue weighted by Gasteiger charge is -2.12. The molecule has 0 spiro atoms. The summed E-state index contributed by atoms with van der Waals surface area (Å²) >= 11 is 0. The van der Waals surface area contributed by atoms with Gasteiger partial charge in [-0.1, -0.05) is 13.3 Å². The van der Waals surface area contributed by atoms with Crippen LogP contribution in [0.2, 0.25) is 0 Å². The quantitative estimate of drug-likeness (QED) is 0.672. The molecule has 0 saturated heterocycles. The van der Waals surface area contributed by atoms with Gasteiger partial charge in [0.2, 0.25) is 0 Å². The molecule has 0 N–H and O–H groups in total. The van der Waals surface area contributed by atoms with Gasteiger partial charge < -0.3 is 9.15 Å². The maximum Gasteiger partial charge on any atom is 0.303 e. The molecule has 0 bridgehead atoms. The Morgan fingerprint density at radius 2 is 2.46 bits per heavy atom. The summed E-state index contributed by atoms with van der Waals surface area (Å²) in [6, 6.07) is 3.62. The summed E-state index contributed by atoms with van der Waals surface area (Å²) in [5.41, 5.74) is 0. The highest BCUT2D eigenvalue weighted by Gasteiger charge is 2.15. The van der Waals surface area contributed by atoms with E-state index in [4.69, 9.17) is 9.15 Å². The number of furan rings is 1.